The maximum Gasteiger partial charge on any atom is 0.259 e. The Morgan fingerprint density at radius 3 is 2.44 bits per heavy atom. The molecule has 1 amide bonds. The Morgan fingerprint density at radius 1 is 1.28 bits per heavy atom. The molecule has 0 aliphatic rings. The second kappa shape index (κ2) is 5.03. The summed E-state index contributed by atoms with van der Waals surface area (Å²) < 4.78 is 0. The second-order valence-electron chi connectivity index (χ2n) is 3.99. The minimum absolute atomic E-state index is 0.0292. The van der Waals surface area contributed by atoms with Gasteiger partial charge in [-0.1, -0.05) is 0 Å². The number of benzene rings is 1. The van der Waals surface area contributed by atoms with Gasteiger partial charge in [0.25, 0.3) is 5.91 Å². The van der Waals surface area contributed by atoms with E-state index in [-0.39, 0.29) is 5.91 Å². The number of hydrogen-bond acceptors (Lipinski definition) is 3. The molecule has 0 N–H and O–H groups in total. The monoisotopic (exact) mass is 256 g/mol. The molecule has 3 nitrogen and oxygen atoms in total. The van der Waals surface area contributed by atoms with Gasteiger partial charge >= 0.3 is 0 Å². The molecule has 2 aromatic rings. The van der Waals surface area contributed by atoms with Crippen molar-refractivity contribution in [1.29, 1.82) is 5.26 Å². The van der Waals surface area contributed by atoms with Gasteiger partial charge in [0.15, 0.2) is 0 Å². The van der Waals surface area contributed by atoms with Crippen LogP contribution in [-0.2, 0) is 0 Å². The van der Waals surface area contributed by atoms with E-state index in [0.29, 0.717) is 5.56 Å². The molecule has 2 rings (SSSR count). The first-order valence-electron chi connectivity index (χ1n) is 5.44. The SMILES string of the molecule is Cc1cscc1C(=O)N(C)c1ccc(C#N)cc1. The minimum Gasteiger partial charge on any atom is -0.311 e. The molecule has 0 saturated heterocycles. The lowest BCUT2D eigenvalue weighted by Gasteiger charge is -2.17. The molecule has 0 aliphatic carbocycles. The van der Waals surface area contributed by atoms with Crippen molar-refractivity contribution in [3.05, 3.63) is 51.7 Å². The smallest absolute Gasteiger partial charge is 0.259 e. The molecule has 0 saturated carbocycles. The van der Waals surface area contributed by atoms with Crippen molar-refractivity contribution in [2.75, 3.05) is 11.9 Å². The lowest BCUT2D eigenvalue weighted by molar-refractivity contribution is 0.0993. The highest BCUT2D eigenvalue weighted by molar-refractivity contribution is 7.08. The normalized spacial score (nSPS) is 9.83. The largest absolute Gasteiger partial charge is 0.311 e. The van der Waals surface area contributed by atoms with Crippen LogP contribution in [0.3, 0.4) is 0 Å². The molecule has 1 aromatic heterocycles. The second-order valence-corrected chi connectivity index (χ2v) is 4.73. The topological polar surface area (TPSA) is 44.1 Å². The van der Waals surface area contributed by atoms with Gasteiger partial charge in [-0.15, -0.1) is 0 Å². The summed E-state index contributed by atoms with van der Waals surface area (Å²) in [6.45, 7) is 1.93. The zero-order chi connectivity index (χ0) is 13.1. The molecule has 0 spiro atoms. The summed E-state index contributed by atoms with van der Waals surface area (Å²) in [5.74, 6) is -0.0292. The van der Waals surface area contributed by atoms with Crippen molar-refractivity contribution in [2.45, 2.75) is 6.92 Å². The number of anilines is 1. The first-order valence-corrected chi connectivity index (χ1v) is 6.39. The summed E-state index contributed by atoms with van der Waals surface area (Å²) in [6.07, 6.45) is 0. The lowest BCUT2D eigenvalue weighted by atomic mass is 10.1. The van der Waals surface area contributed by atoms with Crippen molar-refractivity contribution < 1.29 is 4.79 Å². The molecule has 90 valence electrons. The summed E-state index contributed by atoms with van der Waals surface area (Å²) in [7, 11) is 1.74. The Hall–Kier alpha value is -2.12. The zero-order valence-corrected chi connectivity index (χ0v) is 11.0. The third kappa shape index (κ3) is 2.27. The Morgan fingerprint density at radius 2 is 1.94 bits per heavy atom. The fraction of sp³-hybridized carbons (Fsp3) is 0.143. The Bertz CT molecular complexity index is 607. The summed E-state index contributed by atoms with van der Waals surface area (Å²) in [4.78, 5) is 13.8. The van der Waals surface area contributed by atoms with Crippen LogP contribution >= 0.6 is 11.3 Å². The number of aryl methyl sites for hydroxylation is 1. The molecule has 0 unspecified atom stereocenters. The first-order chi connectivity index (χ1) is 8.63. The van der Waals surface area contributed by atoms with Crippen LogP contribution < -0.4 is 4.90 Å². The van der Waals surface area contributed by atoms with Gasteiger partial charge in [-0.3, -0.25) is 4.79 Å². The fourth-order valence-electron chi connectivity index (χ4n) is 1.64. The van der Waals surface area contributed by atoms with Crippen molar-refractivity contribution in [1.82, 2.24) is 0 Å². The number of carbonyl (C=O) groups excluding carboxylic acids is 1. The van der Waals surface area contributed by atoms with Gasteiger partial charge in [0.05, 0.1) is 17.2 Å². The van der Waals surface area contributed by atoms with Crippen LogP contribution in [0.2, 0.25) is 0 Å². The van der Waals surface area contributed by atoms with Crippen LogP contribution in [0.15, 0.2) is 35.0 Å². The molecule has 0 atom stereocenters. The predicted molar refractivity (Wildman–Crippen MR) is 72.9 cm³/mol. The molecule has 0 radical (unpaired) electrons. The van der Waals surface area contributed by atoms with Gasteiger partial charge in [-0.2, -0.15) is 16.6 Å². The number of amides is 1. The minimum atomic E-state index is -0.0292. The number of carbonyl (C=O) groups is 1. The molecule has 18 heavy (non-hydrogen) atoms. The number of nitrogens with zero attached hydrogens (tertiary/aromatic N) is 2. The number of thiophene rings is 1. The van der Waals surface area contributed by atoms with Crippen LogP contribution in [0.4, 0.5) is 5.69 Å². The van der Waals surface area contributed by atoms with E-state index in [4.69, 9.17) is 5.26 Å². The van der Waals surface area contributed by atoms with E-state index in [9.17, 15) is 4.79 Å². The Kier molecular flexibility index (Phi) is 3.45. The van der Waals surface area contributed by atoms with Gasteiger partial charge in [0.1, 0.15) is 0 Å². The number of nitriles is 1. The van der Waals surface area contributed by atoms with Crippen LogP contribution in [0, 0.1) is 18.3 Å². The van der Waals surface area contributed by atoms with E-state index in [1.165, 1.54) is 11.3 Å². The maximum absolute atomic E-state index is 12.2. The molecule has 4 heteroatoms. The van der Waals surface area contributed by atoms with Gasteiger partial charge < -0.3 is 4.90 Å². The lowest BCUT2D eigenvalue weighted by Crippen LogP contribution is -2.26. The summed E-state index contributed by atoms with van der Waals surface area (Å²) in [6, 6.07) is 9.02. The number of rotatable bonds is 2. The number of hydrogen-bond donors (Lipinski definition) is 0. The Labute approximate surface area is 110 Å². The highest BCUT2D eigenvalue weighted by Gasteiger charge is 2.16. The van der Waals surface area contributed by atoms with Gasteiger partial charge in [-0.05, 0) is 42.1 Å². The van der Waals surface area contributed by atoms with Gasteiger partial charge in [-0.25, -0.2) is 0 Å². The summed E-state index contributed by atoms with van der Waals surface area (Å²) in [5, 5.41) is 12.6. The predicted octanol–water partition coefficient (Wildman–Crippen LogP) is 3.20. The van der Waals surface area contributed by atoms with Crippen LogP contribution in [-0.4, -0.2) is 13.0 Å². The van der Waals surface area contributed by atoms with E-state index < -0.39 is 0 Å². The van der Waals surface area contributed by atoms with Gasteiger partial charge in [0, 0.05) is 18.1 Å². The highest BCUT2D eigenvalue weighted by atomic mass is 32.1. The average Bonchev–Trinajstić information content (AvgIpc) is 2.83. The fourth-order valence-corrected chi connectivity index (χ4v) is 2.46. The van der Waals surface area contributed by atoms with Crippen LogP contribution in [0.5, 0.6) is 0 Å². The van der Waals surface area contributed by atoms with E-state index in [1.54, 1.807) is 36.2 Å². The molecule has 1 heterocycles. The quantitative estimate of drug-likeness (QED) is 0.828. The molecule has 0 bridgehead atoms. The van der Waals surface area contributed by atoms with Crippen molar-refractivity contribution in [3.63, 3.8) is 0 Å². The van der Waals surface area contributed by atoms with Gasteiger partial charge in [0.2, 0.25) is 0 Å². The van der Waals surface area contributed by atoms with E-state index >= 15 is 0 Å². The van der Waals surface area contributed by atoms with E-state index in [1.807, 2.05) is 17.7 Å². The van der Waals surface area contributed by atoms with Crippen molar-refractivity contribution in [3.8, 4) is 6.07 Å². The molecule has 1 aromatic carbocycles. The summed E-state index contributed by atoms with van der Waals surface area (Å²) >= 11 is 1.52. The zero-order valence-electron chi connectivity index (χ0n) is 10.2. The third-order valence-electron chi connectivity index (χ3n) is 2.77. The standard InChI is InChI=1S/C14H12N2OS/c1-10-8-18-9-13(10)14(17)16(2)12-5-3-11(7-15)4-6-12/h3-6,8-9H,1-2H3. The molecule has 0 fully saturated rings. The summed E-state index contributed by atoms with van der Waals surface area (Å²) in [5.41, 5.74) is 3.09. The maximum atomic E-state index is 12.2. The third-order valence-corrected chi connectivity index (χ3v) is 3.64. The van der Waals surface area contributed by atoms with E-state index in [0.717, 1.165) is 16.8 Å². The molecule has 0 aliphatic heterocycles. The van der Waals surface area contributed by atoms with Crippen LogP contribution in [0.25, 0.3) is 0 Å². The highest BCUT2D eigenvalue weighted by Crippen LogP contribution is 2.20. The molecular weight excluding hydrogens is 244 g/mol. The van der Waals surface area contributed by atoms with Crippen molar-refractivity contribution >= 4 is 22.9 Å². The molecular formula is C14H12N2OS. The van der Waals surface area contributed by atoms with E-state index in [2.05, 4.69) is 6.07 Å². The first kappa shape index (κ1) is 12.3. The van der Waals surface area contributed by atoms with Crippen LogP contribution in [0.1, 0.15) is 21.5 Å². The average molecular weight is 256 g/mol. The van der Waals surface area contributed by atoms with Crippen molar-refractivity contribution in [2.24, 2.45) is 0 Å². The Balaban J connectivity index is 2.26.